The molecule has 0 fully saturated rings. The molecule has 0 amide bonds. The molecule has 0 heterocycles. The van der Waals surface area contributed by atoms with Gasteiger partial charge >= 0.3 is 5.97 Å². The monoisotopic (exact) mass is 406 g/mol. The normalized spacial score (nSPS) is 13.8. The van der Waals surface area contributed by atoms with Crippen molar-refractivity contribution in [1.29, 1.82) is 0 Å². The SMILES string of the molecule is CC(SSS)C(=O)OCC(CO)(CO)COCC(CO)(CO)CO. The lowest BCUT2D eigenvalue weighted by atomic mass is 9.90. The molecule has 0 aromatic carbocycles. The summed E-state index contributed by atoms with van der Waals surface area (Å²) in [5.41, 5.74) is -2.44. The summed E-state index contributed by atoms with van der Waals surface area (Å²) in [6.45, 7) is -1.44. The Hall–Kier alpha value is 0.280. The van der Waals surface area contributed by atoms with Crippen molar-refractivity contribution in [3.63, 3.8) is 0 Å². The van der Waals surface area contributed by atoms with E-state index < -0.39 is 55.1 Å². The Kier molecular flexibility index (Phi) is 12.8. The molecule has 0 saturated carbocycles. The molecule has 0 aliphatic carbocycles. The molecule has 1 unspecified atom stereocenters. The average Bonchev–Trinajstić information content (AvgIpc) is 2.62. The fraction of sp³-hybridized carbons (Fsp3) is 0.923. The van der Waals surface area contributed by atoms with E-state index in [0.29, 0.717) is 0 Å². The predicted molar refractivity (Wildman–Crippen MR) is 95.7 cm³/mol. The van der Waals surface area contributed by atoms with E-state index in [4.69, 9.17) is 9.47 Å². The van der Waals surface area contributed by atoms with Crippen molar-refractivity contribution in [2.45, 2.75) is 12.2 Å². The van der Waals surface area contributed by atoms with Crippen LogP contribution in [0.2, 0.25) is 0 Å². The first-order chi connectivity index (χ1) is 11.4. The molecule has 0 aromatic rings. The van der Waals surface area contributed by atoms with E-state index >= 15 is 0 Å². The minimum atomic E-state index is -1.22. The Morgan fingerprint density at radius 2 is 1.42 bits per heavy atom. The van der Waals surface area contributed by atoms with Crippen molar-refractivity contribution >= 4 is 38.2 Å². The van der Waals surface area contributed by atoms with Crippen LogP contribution in [0.4, 0.5) is 0 Å². The molecule has 24 heavy (non-hydrogen) atoms. The molecule has 0 aliphatic heterocycles. The Balaban J connectivity index is 4.63. The standard InChI is InChI=1S/C13H26O8S3/c1-10(23-24-22)11(19)21-9-13(5-17,6-18)8-20-7-12(2-14,3-15)4-16/h10,14-18,22H,2-9H2,1H3. The molecular weight excluding hydrogens is 380 g/mol. The third-order valence-electron chi connectivity index (χ3n) is 3.53. The lowest BCUT2D eigenvalue weighted by Gasteiger charge is -2.32. The van der Waals surface area contributed by atoms with Crippen molar-refractivity contribution in [3.05, 3.63) is 0 Å². The maximum absolute atomic E-state index is 11.8. The van der Waals surface area contributed by atoms with Gasteiger partial charge in [0.15, 0.2) is 0 Å². The van der Waals surface area contributed by atoms with E-state index in [9.17, 15) is 30.3 Å². The van der Waals surface area contributed by atoms with E-state index in [0.717, 1.165) is 9.83 Å². The van der Waals surface area contributed by atoms with E-state index in [-0.39, 0.29) is 19.8 Å². The molecule has 144 valence electrons. The van der Waals surface area contributed by atoms with E-state index in [2.05, 4.69) is 11.7 Å². The summed E-state index contributed by atoms with van der Waals surface area (Å²) in [6.07, 6.45) is 0. The van der Waals surface area contributed by atoms with Crippen molar-refractivity contribution in [2.75, 3.05) is 52.9 Å². The average molecular weight is 407 g/mol. The summed E-state index contributed by atoms with van der Waals surface area (Å²) < 4.78 is 10.5. The number of rotatable bonds is 14. The summed E-state index contributed by atoms with van der Waals surface area (Å²) in [5.74, 6) is -0.511. The minimum Gasteiger partial charge on any atom is -0.464 e. The van der Waals surface area contributed by atoms with Gasteiger partial charge in [0, 0.05) is 0 Å². The molecule has 0 aliphatic rings. The van der Waals surface area contributed by atoms with E-state index in [1.54, 1.807) is 6.92 Å². The molecule has 0 radical (unpaired) electrons. The number of hydrogen-bond acceptors (Lipinski definition) is 11. The largest absolute Gasteiger partial charge is 0.464 e. The zero-order chi connectivity index (χ0) is 18.6. The quantitative estimate of drug-likeness (QED) is 0.122. The molecule has 11 heteroatoms. The van der Waals surface area contributed by atoms with Gasteiger partial charge in [0.1, 0.15) is 11.9 Å². The van der Waals surface area contributed by atoms with Gasteiger partial charge in [-0.1, -0.05) is 22.5 Å². The smallest absolute Gasteiger partial charge is 0.319 e. The highest BCUT2D eigenvalue weighted by atomic mass is 33.5. The summed E-state index contributed by atoms with van der Waals surface area (Å²) in [4.78, 5) is 11.8. The minimum absolute atomic E-state index is 0.183. The van der Waals surface area contributed by atoms with Gasteiger partial charge in [-0.15, -0.1) is 0 Å². The number of aliphatic hydroxyl groups excluding tert-OH is 5. The van der Waals surface area contributed by atoms with Crippen LogP contribution in [0.15, 0.2) is 0 Å². The lowest BCUT2D eigenvalue weighted by molar-refractivity contribution is -0.153. The van der Waals surface area contributed by atoms with Gasteiger partial charge in [-0.05, 0) is 16.7 Å². The number of hydrogen-bond donors (Lipinski definition) is 6. The topological polar surface area (TPSA) is 137 Å². The first-order valence-electron chi connectivity index (χ1n) is 7.13. The number of esters is 1. The second-order valence-corrected chi connectivity index (χ2v) is 9.12. The summed E-state index contributed by atoms with van der Waals surface area (Å²) in [6, 6.07) is 0. The molecular formula is C13H26O8S3. The number of carbonyl (C=O) groups is 1. The molecule has 8 nitrogen and oxygen atoms in total. The number of carbonyl (C=O) groups excluding carboxylic acids is 1. The molecule has 5 N–H and O–H groups in total. The lowest BCUT2D eigenvalue weighted by Crippen LogP contribution is -2.44. The Bertz CT molecular complexity index is 342. The van der Waals surface area contributed by atoms with Crippen molar-refractivity contribution in [2.24, 2.45) is 10.8 Å². The molecule has 0 rings (SSSR count). The van der Waals surface area contributed by atoms with Crippen LogP contribution < -0.4 is 0 Å². The van der Waals surface area contributed by atoms with Gasteiger partial charge in [-0.3, -0.25) is 4.79 Å². The van der Waals surface area contributed by atoms with Crippen LogP contribution in [0.3, 0.4) is 0 Å². The maximum atomic E-state index is 11.8. The van der Waals surface area contributed by atoms with Gasteiger partial charge in [-0.25, -0.2) is 0 Å². The second-order valence-electron chi connectivity index (χ2n) is 5.70. The van der Waals surface area contributed by atoms with Crippen LogP contribution in [0, 0.1) is 10.8 Å². The van der Waals surface area contributed by atoms with Crippen LogP contribution >= 0.6 is 32.3 Å². The predicted octanol–water partition coefficient (Wildman–Crippen LogP) is -0.905. The number of ether oxygens (including phenoxy) is 2. The van der Waals surface area contributed by atoms with Crippen LogP contribution in [0.5, 0.6) is 0 Å². The van der Waals surface area contributed by atoms with Gasteiger partial charge in [0.2, 0.25) is 0 Å². The highest BCUT2D eigenvalue weighted by Crippen LogP contribution is 2.30. The summed E-state index contributed by atoms with van der Waals surface area (Å²) in [7, 11) is 2.32. The van der Waals surface area contributed by atoms with Crippen LogP contribution in [0.25, 0.3) is 0 Å². The van der Waals surface area contributed by atoms with E-state index in [1.807, 2.05) is 0 Å². The molecule has 0 spiro atoms. The fourth-order valence-electron chi connectivity index (χ4n) is 1.49. The van der Waals surface area contributed by atoms with Gasteiger partial charge in [0.25, 0.3) is 0 Å². The third-order valence-corrected chi connectivity index (χ3v) is 6.00. The summed E-state index contributed by atoms with van der Waals surface area (Å²) >= 11 is 3.93. The second kappa shape index (κ2) is 12.6. The Morgan fingerprint density at radius 3 is 1.83 bits per heavy atom. The maximum Gasteiger partial charge on any atom is 0.319 e. The van der Waals surface area contributed by atoms with Crippen LogP contribution in [-0.2, 0) is 14.3 Å². The highest BCUT2D eigenvalue weighted by Gasteiger charge is 2.35. The number of aliphatic hydroxyl groups is 5. The number of thiol groups is 1. The zero-order valence-corrected chi connectivity index (χ0v) is 16.0. The first-order valence-corrected chi connectivity index (χ1v) is 10.4. The molecule has 0 bridgehead atoms. The van der Waals surface area contributed by atoms with Gasteiger partial charge in [-0.2, -0.15) is 0 Å². The van der Waals surface area contributed by atoms with Crippen molar-refractivity contribution in [1.82, 2.24) is 0 Å². The highest BCUT2D eigenvalue weighted by molar-refractivity contribution is 9.05. The van der Waals surface area contributed by atoms with Crippen molar-refractivity contribution in [3.8, 4) is 0 Å². The van der Waals surface area contributed by atoms with Crippen LogP contribution in [-0.4, -0.2) is 89.6 Å². The van der Waals surface area contributed by atoms with Gasteiger partial charge < -0.3 is 35.0 Å². The van der Waals surface area contributed by atoms with Crippen LogP contribution in [0.1, 0.15) is 6.92 Å². The first kappa shape index (κ1) is 24.3. The Labute approximate surface area is 154 Å². The third kappa shape index (κ3) is 7.67. The molecule has 0 saturated heterocycles. The van der Waals surface area contributed by atoms with Crippen molar-refractivity contribution < 1.29 is 39.8 Å². The Morgan fingerprint density at radius 1 is 0.958 bits per heavy atom. The molecule has 1 atom stereocenters. The summed E-state index contributed by atoms with van der Waals surface area (Å²) in [5, 5.41) is 46.3. The van der Waals surface area contributed by atoms with E-state index in [1.165, 1.54) is 10.8 Å². The fourth-order valence-corrected chi connectivity index (χ4v) is 3.55. The van der Waals surface area contributed by atoms with Gasteiger partial charge in [0.05, 0.1) is 57.1 Å². The zero-order valence-electron chi connectivity index (χ0n) is 13.5. The molecule has 0 aromatic heterocycles.